The maximum absolute atomic E-state index is 5.91. The second-order valence-electron chi connectivity index (χ2n) is 6.59. The van der Waals surface area contributed by atoms with Crippen LogP contribution in [0.15, 0.2) is 34.7 Å². The van der Waals surface area contributed by atoms with Gasteiger partial charge in [0.1, 0.15) is 5.76 Å². The number of oxazole rings is 1. The largest absolute Gasteiger partial charge is 0.441 e. The first-order valence-electron chi connectivity index (χ1n) is 8.42. The van der Waals surface area contributed by atoms with Gasteiger partial charge in [-0.15, -0.1) is 0 Å². The number of aromatic nitrogens is 1. The molecule has 1 aliphatic rings. The molecule has 118 valence electrons. The monoisotopic (exact) mass is 298 g/mol. The van der Waals surface area contributed by atoms with E-state index in [1.165, 1.54) is 25.7 Å². The van der Waals surface area contributed by atoms with Gasteiger partial charge in [-0.25, -0.2) is 4.98 Å². The fourth-order valence-electron chi connectivity index (χ4n) is 3.42. The molecule has 3 rings (SSSR count). The topological polar surface area (TPSA) is 29.3 Å². The molecule has 0 radical (unpaired) electrons. The van der Waals surface area contributed by atoms with Crippen molar-refractivity contribution in [1.29, 1.82) is 0 Å². The van der Waals surface area contributed by atoms with Crippen LogP contribution in [0.25, 0.3) is 11.5 Å². The van der Waals surface area contributed by atoms with E-state index < -0.39 is 0 Å². The van der Waals surface area contributed by atoms with Gasteiger partial charge in [-0.05, 0) is 45.7 Å². The Labute approximate surface area is 133 Å². The fraction of sp³-hybridized carbons (Fsp3) is 0.526. The van der Waals surface area contributed by atoms with Gasteiger partial charge in [0.15, 0.2) is 0 Å². The molecule has 1 heterocycles. The van der Waals surface area contributed by atoms with Gasteiger partial charge < -0.3 is 4.42 Å². The van der Waals surface area contributed by atoms with Crippen molar-refractivity contribution >= 4 is 0 Å². The zero-order chi connectivity index (χ0) is 15.5. The molecule has 1 aromatic carbocycles. The molecule has 1 aliphatic carbocycles. The van der Waals surface area contributed by atoms with Crippen LogP contribution < -0.4 is 0 Å². The van der Waals surface area contributed by atoms with Crippen molar-refractivity contribution in [3.63, 3.8) is 0 Å². The number of hydrogen-bond acceptors (Lipinski definition) is 3. The maximum Gasteiger partial charge on any atom is 0.226 e. The molecule has 0 spiro atoms. The Morgan fingerprint density at radius 1 is 1.18 bits per heavy atom. The van der Waals surface area contributed by atoms with Gasteiger partial charge in [0.25, 0.3) is 0 Å². The predicted octanol–water partition coefficient (Wildman–Crippen LogP) is 4.80. The second kappa shape index (κ2) is 6.66. The summed E-state index contributed by atoms with van der Waals surface area (Å²) >= 11 is 0. The lowest BCUT2D eigenvalue weighted by molar-refractivity contribution is 0.144. The Morgan fingerprint density at radius 3 is 2.50 bits per heavy atom. The summed E-state index contributed by atoms with van der Waals surface area (Å²) in [5, 5.41) is 0. The van der Waals surface area contributed by atoms with Gasteiger partial charge in [0.05, 0.1) is 5.69 Å². The average Bonchev–Trinajstić information content (AvgIpc) is 3.15. The van der Waals surface area contributed by atoms with Crippen molar-refractivity contribution < 1.29 is 4.42 Å². The third kappa shape index (κ3) is 3.25. The van der Waals surface area contributed by atoms with E-state index in [0.29, 0.717) is 12.1 Å². The van der Waals surface area contributed by atoms with Gasteiger partial charge in [-0.1, -0.05) is 31.0 Å². The van der Waals surface area contributed by atoms with E-state index in [-0.39, 0.29) is 0 Å². The van der Waals surface area contributed by atoms with E-state index in [0.717, 1.165) is 29.5 Å². The first-order valence-corrected chi connectivity index (χ1v) is 8.42. The molecule has 0 atom stereocenters. The van der Waals surface area contributed by atoms with Crippen LogP contribution in [-0.2, 0) is 6.54 Å². The lowest BCUT2D eigenvalue weighted by atomic mass is 10.1. The second-order valence-corrected chi connectivity index (χ2v) is 6.59. The van der Waals surface area contributed by atoms with E-state index in [1.54, 1.807) is 0 Å². The number of nitrogens with zero attached hydrogens (tertiary/aromatic N) is 2. The van der Waals surface area contributed by atoms with E-state index >= 15 is 0 Å². The minimum atomic E-state index is 0.541. The number of aryl methyl sites for hydroxylation is 1. The molecule has 0 unspecified atom stereocenters. The van der Waals surface area contributed by atoms with Crippen LogP contribution in [-0.4, -0.2) is 22.0 Å². The molecule has 2 aromatic rings. The highest BCUT2D eigenvalue weighted by molar-refractivity contribution is 5.53. The molecule has 22 heavy (non-hydrogen) atoms. The zero-order valence-electron chi connectivity index (χ0n) is 13.9. The van der Waals surface area contributed by atoms with Crippen LogP contribution in [0.5, 0.6) is 0 Å². The van der Waals surface area contributed by atoms with E-state index in [4.69, 9.17) is 9.40 Å². The minimum Gasteiger partial charge on any atom is -0.441 e. The molecule has 0 aliphatic heterocycles. The summed E-state index contributed by atoms with van der Waals surface area (Å²) in [6, 6.07) is 11.4. The normalized spacial score (nSPS) is 16.0. The molecular weight excluding hydrogens is 272 g/mol. The molecule has 0 amide bonds. The molecule has 0 N–H and O–H groups in total. The Kier molecular flexibility index (Phi) is 4.63. The highest BCUT2D eigenvalue weighted by Crippen LogP contribution is 2.28. The van der Waals surface area contributed by atoms with Crippen molar-refractivity contribution in [3.05, 3.63) is 41.8 Å². The van der Waals surface area contributed by atoms with Gasteiger partial charge >= 0.3 is 0 Å². The van der Waals surface area contributed by atoms with Crippen LogP contribution in [0.2, 0.25) is 0 Å². The summed E-state index contributed by atoms with van der Waals surface area (Å²) in [6.07, 6.45) is 5.36. The maximum atomic E-state index is 5.91. The zero-order valence-corrected chi connectivity index (χ0v) is 13.9. The lowest BCUT2D eigenvalue weighted by Crippen LogP contribution is -2.38. The number of benzene rings is 1. The molecule has 0 saturated heterocycles. The molecule has 1 aromatic heterocycles. The van der Waals surface area contributed by atoms with Crippen molar-refractivity contribution in [2.45, 2.75) is 65.1 Å². The van der Waals surface area contributed by atoms with E-state index in [2.05, 4.69) is 18.7 Å². The van der Waals surface area contributed by atoms with Crippen LogP contribution in [0.3, 0.4) is 0 Å². The average molecular weight is 298 g/mol. The summed E-state index contributed by atoms with van der Waals surface area (Å²) in [5.41, 5.74) is 2.13. The standard InChI is InChI=1S/C19H26N2O/c1-14(2)21(17-11-7-8-12-17)13-18-15(3)22-19(20-18)16-9-5-4-6-10-16/h4-6,9-10,14,17H,7-8,11-13H2,1-3H3. The quantitative estimate of drug-likeness (QED) is 0.793. The lowest BCUT2D eigenvalue weighted by Gasteiger charge is -2.31. The van der Waals surface area contributed by atoms with E-state index in [1.807, 2.05) is 37.3 Å². The van der Waals surface area contributed by atoms with Crippen LogP contribution in [0.4, 0.5) is 0 Å². The SMILES string of the molecule is Cc1oc(-c2ccccc2)nc1CN(C(C)C)C1CCCC1. The van der Waals surface area contributed by atoms with Gasteiger partial charge in [0.2, 0.25) is 5.89 Å². The summed E-state index contributed by atoms with van der Waals surface area (Å²) in [7, 11) is 0. The smallest absolute Gasteiger partial charge is 0.226 e. The molecule has 3 heteroatoms. The Balaban J connectivity index is 1.80. The number of rotatable bonds is 5. The summed E-state index contributed by atoms with van der Waals surface area (Å²) < 4.78 is 5.91. The van der Waals surface area contributed by atoms with Crippen LogP contribution in [0.1, 0.15) is 51.0 Å². The third-order valence-corrected chi connectivity index (χ3v) is 4.70. The van der Waals surface area contributed by atoms with Crippen molar-refractivity contribution in [3.8, 4) is 11.5 Å². The Hall–Kier alpha value is -1.61. The highest BCUT2D eigenvalue weighted by Gasteiger charge is 2.26. The van der Waals surface area contributed by atoms with Crippen molar-refractivity contribution in [1.82, 2.24) is 9.88 Å². The molecule has 1 saturated carbocycles. The van der Waals surface area contributed by atoms with Crippen molar-refractivity contribution in [2.75, 3.05) is 0 Å². The van der Waals surface area contributed by atoms with E-state index in [9.17, 15) is 0 Å². The van der Waals surface area contributed by atoms with Gasteiger partial charge in [0, 0.05) is 24.2 Å². The summed E-state index contributed by atoms with van der Waals surface area (Å²) in [4.78, 5) is 7.36. The van der Waals surface area contributed by atoms with Crippen LogP contribution in [0, 0.1) is 6.92 Å². The molecule has 1 fully saturated rings. The van der Waals surface area contributed by atoms with Gasteiger partial charge in [-0.3, -0.25) is 4.90 Å². The first-order chi connectivity index (χ1) is 10.6. The predicted molar refractivity (Wildman–Crippen MR) is 89.6 cm³/mol. The molecular formula is C19H26N2O. The molecule has 3 nitrogen and oxygen atoms in total. The summed E-state index contributed by atoms with van der Waals surface area (Å²) in [6.45, 7) is 7.49. The first kappa shape index (κ1) is 15.3. The Morgan fingerprint density at radius 2 is 1.86 bits per heavy atom. The van der Waals surface area contributed by atoms with Crippen molar-refractivity contribution in [2.24, 2.45) is 0 Å². The third-order valence-electron chi connectivity index (χ3n) is 4.70. The van der Waals surface area contributed by atoms with Gasteiger partial charge in [-0.2, -0.15) is 0 Å². The molecule has 0 bridgehead atoms. The van der Waals surface area contributed by atoms with Crippen LogP contribution >= 0.6 is 0 Å². The number of hydrogen-bond donors (Lipinski definition) is 0. The minimum absolute atomic E-state index is 0.541. The summed E-state index contributed by atoms with van der Waals surface area (Å²) in [5.74, 6) is 1.69. The highest BCUT2D eigenvalue weighted by atomic mass is 16.4. The fourth-order valence-corrected chi connectivity index (χ4v) is 3.42. The Bertz CT molecular complexity index is 597.